The van der Waals surface area contributed by atoms with Gasteiger partial charge in [-0.25, -0.2) is 4.52 Å². The van der Waals surface area contributed by atoms with Gasteiger partial charge in [0.15, 0.2) is 5.82 Å². The molecule has 4 heteroatoms. The van der Waals surface area contributed by atoms with E-state index < -0.39 is 0 Å². The van der Waals surface area contributed by atoms with E-state index in [-0.39, 0.29) is 0 Å². The van der Waals surface area contributed by atoms with E-state index in [9.17, 15) is 0 Å². The Bertz CT molecular complexity index is 571. The zero-order valence-electron chi connectivity index (χ0n) is 10.9. The van der Waals surface area contributed by atoms with Crippen molar-refractivity contribution >= 4 is 17.0 Å². The molecular formula is C14H20N4. The molecule has 18 heavy (non-hydrogen) atoms. The van der Waals surface area contributed by atoms with E-state index in [0.29, 0.717) is 0 Å². The summed E-state index contributed by atoms with van der Waals surface area (Å²) >= 11 is 0. The number of aromatic nitrogens is 2. The maximum Gasteiger partial charge on any atom is 0.172 e. The Balaban J connectivity index is 1.99. The number of aryl methyl sites for hydroxylation is 2. The minimum atomic E-state index is 0.779. The molecule has 3 rings (SSSR count). The molecule has 2 aromatic rings. The summed E-state index contributed by atoms with van der Waals surface area (Å²) in [7, 11) is 0. The number of unbranched alkanes of at least 4 members (excludes halogenated alkanes) is 1. The topological polar surface area (TPSA) is 55.4 Å². The fraction of sp³-hybridized carbons (Fsp3) is 0.500. The van der Waals surface area contributed by atoms with Crippen LogP contribution in [0.4, 0.5) is 11.5 Å². The lowest BCUT2D eigenvalue weighted by Crippen LogP contribution is -2.03. The third kappa shape index (κ3) is 1.72. The van der Waals surface area contributed by atoms with Crippen molar-refractivity contribution in [2.24, 2.45) is 0 Å². The number of fused-ring (bicyclic) bond motifs is 3. The normalized spacial score (nSPS) is 14.1. The molecule has 0 aliphatic heterocycles. The summed E-state index contributed by atoms with van der Waals surface area (Å²) in [4.78, 5) is 0. The Kier molecular flexibility index (Phi) is 2.86. The monoisotopic (exact) mass is 244 g/mol. The first-order chi connectivity index (χ1) is 8.81. The molecule has 0 atom stereocenters. The van der Waals surface area contributed by atoms with Crippen LogP contribution in [-0.2, 0) is 12.8 Å². The van der Waals surface area contributed by atoms with Crippen molar-refractivity contribution in [2.45, 2.75) is 39.0 Å². The average Bonchev–Trinajstić information content (AvgIpc) is 2.95. The van der Waals surface area contributed by atoms with Gasteiger partial charge in [0.25, 0.3) is 0 Å². The summed E-state index contributed by atoms with van der Waals surface area (Å²) in [6.07, 6.45) is 5.83. The lowest BCUT2D eigenvalue weighted by atomic mass is 10.2. The minimum Gasteiger partial charge on any atom is -0.394 e. The van der Waals surface area contributed by atoms with Crippen LogP contribution in [0.25, 0.3) is 5.52 Å². The van der Waals surface area contributed by atoms with Gasteiger partial charge in [-0.05, 0) is 37.3 Å². The molecule has 0 amide bonds. The van der Waals surface area contributed by atoms with Crippen molar-refractivity contribution in [2.75, 3.05) is 17.6 Å². The van der Waals surface area contributed by atoms with Gasteiger partial charge < -0.3 is 11.1 Å². The van der Waals surface area contributed by atoms with Gasteiger partial charge >= 0.3 is 0 Å². The molecular weight excluding hydrogens is 224 g/mol. The second kappa shape index (κ2) is 4.52. The van der Waals surface area contributed by atoms with E-state index in [1.807, 2.05) is 4.52 Å². The van der Waals surface area contributed by atoms with Crippen LogP contribution in [0.3, 0.4) is 0 Å². The van der Waals surface area contributed by atoms with Crippen LogP contribution in [-0.4, -0.2) is 16.2 Å². The molecule has 4 nitrogen and oxygen atoms in total. The molecule has 3 N–H and O–H groups in total. The highest BCUT2D eigenvalue weighted by Gasteiger charge is 2.18. The quantitative estimate of drug-likeness (QED) is 0.813. The lowest BCUT2D eigenvalue weighted by molar-refractivity contribution is 0.817. The van der Waals surface area contributed by atoms with Crippen LogP contribution in [0.2, 0.25) is 0 Å². The molecule has 0 aromatic carbocycles. The van der Waals surface area contributed by atoms with E-state index >= 15 is 0 Å². The lowest BCUT2D eigenvalue weighted by Gasteiger charge is -2.01. The van der Waals surface area contributed by atoms with Crippen LogP contribution < -0.4 is 11.1 Å². The number of pyridine rings is 1. The molecule has 1 aliphatic carbocycles. The highest BCUT2D eigenvalue weighted by atomic mass is 15.3. The van der Waals surface area contributed by atoms with E-state index in [4.69, 9.17) is 5.73 Å². The van der Waals surface area contributed by atoms with Gasteiger partial charge in [-0.3, -0.25) is 0 Å². The van der Waals surface area contributed by atoms with Gasteiger partial charge in [0.2, 0.25) is 0 Å². The van der Waals surface area contributed by atoms with Crippen LogP contribution in [0.15, 0.2) is 12.1 Å². The fourth-order valence-corrected chi connectivity index (χ4v) is 2.68. The zero-order valence-corrected chi connectivity index (χ0v) is 10.9. The Hall–Kier alpha value is -1.71. The molecule has 2 heterocycles. The molecule has 96 valence electrons. The van der Waals surface area contributed by atoms with Gasteiger partial charge in [0.1, 0.15) is 5.69 Å². The highest BCUT2D eigenvalue weighted by Crippen LogP contribution is 2.29. The van der Waals surface area contributed by atoms with Crippen molar-refractivity contribution in [1.29, 1.82) is 0 Å². The minimum absolute atomic E-state index is 0.779. The first-order valence-corrected chi connectivity index (χ1v) is 6.84. The van der Waals surface area contributed by atoms with E-state index in [2.05, 4.69) is 29.5 Å². The SMILES string of the molecule is CCCCNc1nn2c3c(ccc2c1N)CCC3. The number of rotatable bonds is 4. The van der Waals surface area contributed by atoms with Crippen LogP contribution >= 0.6 is 0 Å². The zero-order chi connectivity index (χ0) is 12.5. The Morgan fingerprint density at radius 2 is 2.28 bits per heavy atom. The number of hydrogen-bond donors (Lipinski definition) is 2. The van der Waals surface area contributed by atoms with E-state index in [1.54, 1.807) is 0 Å². The summed E-state index contributed by atoms with van der Waals surface area (Å²) in [5, 5.41) is 7.97. The average molecular weight is 244 g/mol. The van der Waals surface area contributed by atoms with Gasteiger partial charge in [-0.2, -0.15) is 0 Å². The smallest absolute Gasteiger partial charge is 0.172 e. The molecule has 2 aromatic heterocycles. The molecule has 0 bridgehead atoms. The Morgan fingerprint density at radius 1 is 1.39 bits per heavy atom. The molecule has 0 spiro atoms. The summed E-state index contributed by atoms with van der Waals surface area (Å²) in [6.45, 7) is 3.12. The van der Waals surface area contributed by atoms with Crippen LogP contribution in [0.5, 0.6) is 0 Å². The number of nitrogen functional groups attached to an aromatic ring is 1. The maximum atomic E-state index is 6.17. The third-order valence-corrected chi connectivity index (χ3v) is 3.71. The molecule has 0 unspecified atom stereocenters. The second-order valence-electron chi connectivity index (χ2n) is 5.00. The van der Waals surface area contributed by atoms with Gasteiger partial charge in [0.05, 0.1) is 5.52 Å². The molecule has 0 fully saturated rings. The number of hydrogen-bond acceptors (Lipinski definition) is 3. The standard InChI is InChI=1S/C14H20N4/c1-2-3-9-16-14-13(15)12-8-7-10-5-4-6-11(10)18(12)17-14/h7-8H,2-6,9,15H2,1H3,(H,16,17). The van der Waals surface area contributed by atoms with Crippen LogP contribution in [0, 0.1) is 0 Å². The van der Waals surface area contributed by atoms with E-state index in [0.717, 1.165) is 36.4 Å². The fourth-order valence-electron chi connectivity index (χ4n) is 2.68. The Morgan fingerprint density at radius 3 is 3.11 bits per heavy atom. The molecule has 0 saturated carbocycles. The number of nitrogens with two attached hydrogens (primary N) is 1. The number of nitrogens with zero attached hydrogens (tertiary/aromatic N) is 2. The van der Waals surface area contributed by atoms with E-state index in [1.165, 1.54) is 30.5 Å². The first-order valence-electron chi connectivity index (χ1n) is 6.84. The van der Waals surface area contributed by atoms with Crippen molar-refractivity contribution in [3.8, 4) is 0 Å². The molecule has 0 saturated heterocycles. The summed E-state index contributed by atoms with van der Waals surface area (Å²) in [5.41, 5.74) is 10.7. The van der Waals surface area contributed by atoms with Crippen molar-refractivity contribution < 1.29 is 0 Å². The van der Waals surface area contributed by atoms with Gasteiger partial charge in [0, 0.05) is 12.2 Å². The highest BCUT2D eigenvalue weighted by molar-refractivity contribution is 5.81. The van der Waals surface area contributed by atoms with Crippen molar-refractivity contribution in [1.82, 2.24) is 9.61 Å². The summed E-state index contributed by atoms with van der Waals surface area (Å²) in [5.74, 6) is 0.837. The number of anilines is 2. The van der Waals surface area contributed by atoms with Gasteiger partial charge in [-0.15, -0.1) is 5.10 Å². The van der Waals surface area contributed by atoms with Crippen LogP contribution in [0.1, 0.15) is 37.4 Å². The molecule has 1 aliphatic rings. The molecule has 0 radical (unpaired) electrons. The second-order valence-corrected chi connectivity index (χ2v) is 5.00. The van der Waals surface area contributed by atoms with Crippen molar-refractivity contribution in [3.05, 3.63) is 23.4 Å². The van der Waals surface area contributed by atoms with Gasteiger partial charge in [-0.1, -0.05) is 19.4 Å². The largest absolute Gasteiger partial charge is 0.394 e. The predicted octanol–water partition coefficient (Wildman–Crippen LogP) is 2.62. The first kappa shape index (κ1) is 11.4. The Labute approximate surface area is 107 Å². The number of nitrogens with one attached hydrogen (secondary N) is 1. The maximum absolute atomic E-state index is 6.17. The third-order valence-electron chi connectivity index (χ3n) is 3.71. The van der Waals surface area contributed by atoms with Crippen molar-refractivity contribution in [3.63, 3.8) is 0 Å². The summed E-state index contributed by atoms with van der Waals surface area (Å²) in [6, 6.07) is 4.29. The predicted molar refractivity (Wildman–Crippen MR) is 75.0 cm³/mol. The summed E-state index contributed by atoms with van der Waals surface area (Å²) < 4.78 is 2.03.